The molecule has 1 saturated heterocycles. The van der Waals surface area contributed by atoms with Gasteiger partial charge in [0, 0.05) is 24.8 Å². The molecular weight excluding hydrogens is 759 g/mol. The summed E-state index contributed by atoms with van der Waals surface area (Å²) in [4.78, 5) is 74.4. The molecule has 4 rings (SSSR count). The highest BCUT2D eigenvalue weighted by molar-refractivity contribution is 6.24. The SMILES string of the molecule is COC(=O)C1(C(=O)OC)C(=O)N(C(=O)OC(C)(C)C)CC1c1cc(-c2ccc(F)cc2C)c(N(C)C(=O)C(C)(C)c2cc(C(F)(F)F)cc(C(F)(F)F)c2)cn1. The van der Waals surface area contributed by atoms with E-state index in [2.05, 4.69) is 4.98 Å². The minimum absolute atomic E-state index is 0.0333. The molecule has 1 aliphatic rings. The van der Waals surface area contributed by atoms with E-state index >= 15 is 0 Å². The van der Waals surface area contributed by atoms with Crippen LogP contribution in [0.3, 0.4) is 0 Å². The molecule has 0 aliphatic carbocycles. The van der Waals surface area contributed by atoms with Gasteiger partial charge in [-0.05, 0) is 94.6 Å². The first-order valence-electron chi connectivity index (χ1n) is 16.7. The summed E-state index contributed by atoms with van der Waals surface area (Å²) < 4.78 is 112. The molecule has 11 nitrogen and oxygen atoms in total. The Bertz CT molecular complexity index is 2040. The van der Waals surface area contributed by atoms with Gasteiger partial charge >= 0.3 is 30.4 Å². The number of aryl methyl sites for hydroxylation is 1. The van der Waals surface area contributed by atoms with Crippen LogP contribution in [0.4, 0.5) is 41.2 Å². The molecule has 0 radical (unpaired) electrons. The molecule has 1 aromatic heterocycles. The number of methoxy groups -OCH3 is 2. The van der Waals surface area contributed by atoms with Crippen LogP contribution in [0, 0.1) is 18.2 Å². The van der Waals surface area contributed by atoms with E-state index in [1.165, 1.54) is 46.9 Å². The number of carbonyl (C=O) groups is 5. The highest BCUT2D eigenvalue weighted by Crippen LogP contribution is 2.48. The molecule has 1 aliphatic heterocycles. The number of alkyl halides is 6. The Balaban J connectivity index is 1.97. The fourth-order valence-electron chi connectivity index (χ4n) is 6.45. The number of imide groups is 1. The first kappa shape index (κ1) is 43.2. The lowest BCUT2D eigenvalue weighted by Gasteiger charge is -2.32. The number of halogens is 7. The van der Waals surface area contributed by atoms with Gasteiger partial charge < -0.3 is 19.1 Å². The summed E-state index contributed by atoms with van der Waals surface area (Å²) in [7, 11) is 2.96. The van der Waals surface area contributed by atoms with Gasteiger partial charge in [0.1, 0.15) is 11.4 Å². The predicted molar refractivity (Wildman–Crippen MR) is 184 cm³/mol. The number of hydrogen-bond donors (Lipinski definition) is 0. The van der Waals surface area contributed by atoms with Crippen LogP contribution in [-0.4, -0.2) is 73.1 Å². The quantitative estimate of drug-likeness (QED) is 0.104. The second kappa shape index (κ2) is 14.8. The van der Waals surface area contributed by atoms with E-state index in [1.54, 1.807) is 0 Å². The lowest BCUT2D eigenvalue weighted by Crippen LogP contribution is -2.51. The Kier molecular flexibility index (Phi) is 11.4. The maximum atomic E-state index is 14.4. The van der Waals surface area contributed by atoms with E-state index < -0.39 is 93.6 Å². The van der Waals surface area contributed by atoms with Crippen molar-refractivity contribution in [3.8, 4) is 11.1 Å². The number of esters is 2. The molecule has 1 atom stereocenters. The monoisotopic (exact) mass is 797 g/mol. The van der Waals surface area contributed by atoms with Crippen LogP contribution in [0.15, 0.2) is 48.7 Å². The lowest BCUT2D eigenvalue weighted by molar-refractivity contribution is -0.173. The Morgan fingerprint density at radius 2 is 1.34 bits per heavy atom. The van der Waals surface area contributed by atoms with E-state index in [0.717, 1.165) is 51.3 Å². The van der Waals surface area contributed by atoms with E-state index in [0.29, 0.717) is 17.0 Å². The van der Waals surface area contributed by atoms with Gasteiger partial charge in [-0.2, -0.15) is 26.3 Å². The standard InChI is InChI=1S/C38H38F7N3O8/c1-19-12-23(39)10-11-24(19)25-16-27(26-18-48(33(53)56-34(2,3)4)30(50)36(26,31(51)54-8)32(52)55-9)46-17-28(25)47(7)29(49)35(5,6)20-13-21(37(40,41)42)15-22(14-20)38(43,44)45/h10-17,26H,18H2,1-9H3. The molecule has 2 heterocycles. The van der Waals surface area contributed by atoms with Crippen molar-refractivity contribution in [3.63, 3.8) is 0 Å². The molecule has 3 aromatic rings. The number of anilines is 1. The normalized spacial score (nSPS) is 16.0. The number of hydrogen-bond acceptors (Lipinski definition) is 9. The van der Waals surface area contributed by atoms with Crippen LogP contribution in [0.2, 0.25) is 0 Å². The summed E-state index contributed by atoms with van der Waals surface area (Å²) in [6.07, 6.45) is -10.6. The molecule has 0 spiro atoms. The minimum atomic E-state index is -5.20. The number of pyridine rings is 1. The third-order valence-electron chi connectivity index (χ3n) is 9.35. The molecule has 0 saturated carbocycles. The molecule has 2 aromatic carbocycles. The molecule has 1 unspecified atom stereocenters. The molecule has 3 amide bonds. The smallest absolute Gasteiger partial charge is 0.417 e. The fraction of sp³-hybridized carbons (Fsp3) is 0.421. The van der Waals surface area contributed by atoms with Gasteiger partial charge in [-0.25, -0.2) is 14.1 Å². The van der Waals surface area contributed by atoms with E-state index in [1.807, 2.05) is 0 Å². The van der Waals surface area contributed by atoms with Gasteiger partial charge in [0.05, 0.1) is 48.6 Å². The van der Waals surface area contributed by atoms with Crippen molar-refractivity contribution >= 4 is 35.5 Å². The van der Waals surface area contributed by atoms with Crippen LogP contribution >= 0.6 is 0 Å². The second-order valence-corrected chi connectivity index (χ2v) is 14.6. The van der Waals surface area contributed by atoms with Crippen molar-refractivity contribution in [3.05, 3.63) is 82.4 Å². The van der Waals surface area contributed by atoms with E-state index in [9.17, 15) is 54.7 Å². The first-order valence-corrected chi connectivity index (χ1v) is 16.7. The summed E-state index contributed by atoms with van der Waals surface area (Å²) in [5.41, 5.74) is -9.73. The summed E-state index contributed by atoms with van der Waals surface area (Å²) in [5.74, 6) is -7.48. The highest BCUT2D eigenvalue weighted by atomic mass is 19.4. The van der Waals surface area contributed by atoms with Gasteiger partial charge in [-0.1, -0.05) is 6.07 Å². The van der Waals surface area contributed by atoms with Crippen LogP contribution in [0.1, 0.15) is 68.5 Å². The number of rotatable bonds is 7. The molecule has 1 fully saturated rings. The zero-order chi connectivity index (χ0) is 42.5. The summed E-state index contributed by atoms with van der Waals surface area (Å²) in [6, 6.07) is 5.57. The Morgan fingerprint density at radius 3 is 1.80 bits per heavy atom. The summed E-state index contributed by atoms with van der Waals surface area (Å²) in [5, 5.41) is 0. The average Bonchev–Trinajstić information content (AvgIpc) is 3.41. The molecular formula is C38H38F7N3O8. The van der Waals surface area contributed by atoms with E-state index in [-0.39, 0.29) is 34.1 Å². The number of likely N-dealkylation sites (tertiary alicyclic amines) is 1. The van der Waals surface area contributed by atoms with Crippen LogP contribution in [-0.2, 0) is 51.2 Å². The number of carbonyl (C=O) groups excluding carboxylic acids is 5. The zero-order valence-electron chi connectivity index (χ0n) is 31.7. The van der Waals surface area contributed by atoms with Crippen LogP contribution in [0.25, 0.3) is 11.1 Å². The number of aromatic nitrogens is 1. The van der Waals surface area contributed by atoms with Gasteiger partial charge in [-0.3, -0.25) is 24.2 Å². The molecule has 18 heteroatoms. The lowest BCUT2D eigenvalue weighted by atomic mass is 9.75. The number of ether oxygens (including phenoxy) is 3. The van der Waals surface area contributed by atoms with Crippen molar-refractivity contribution in [2.75, 3.05) is 32.7 Å². The first-order chi connectivity index (χ1) is 25.6. The van der Waals surface area contributed by atoms with Gasteiger partial charge in [-0.15, -0.1) is 0 Å². The maximum absolute atomic E-state index is 14.4. The van der Waals surface area contributed by atoms with Gasteiger partial charge in [0.2, 0.25) is 5.91 Å². The topological polar surface area (TPSA) is 132 Å². The Hall–Kier alpha value is -5.55. The van der Waals surface area contributed by atoms with Crippen molar-refractivity contribution < 1.29 is 68.9 Å². The number of likely N-dealkylation sites (N-methyl/N-ethyl adjacent to an activating group) is 1. The average molecular weight is 798 g/mol. The van der Waals surface area contributed by atoms with Gasteiger partial charge in [0.15, 0.2) is 0 Å². The van der Waals surface area contributed by atoms with Crippen molar-refractivity contribution in [2.24, 2.45) is 5.41 Å². The Morgan fingerprint density at radius 1 is 0.821 bits per heavy atom. The minimum Gasteiger partial charge on any atom is -0.468 e. The summed E-state index contributed by atoms with van der Waals surface area (Å²) >= 11 is 0. The largest absolute Gasteiger partial charge is 0.468 e. The van der Waals surface area contributed by atoms with Gasteiger partial charge in [0.25, 0.3) is 11.3 Å². The maximum Gasteiger partial charge on any atom is 0.417 e. The number of benzene rings is 2. The summed E-state index contributed by atoms with van der Waals surface area (Å²) in [6.45, 7) is 7.60. The molecule has 0 N–H and O–H groups in total. The molecule has 302 valence electrons. The third-order valence-corrected chi connectivity index (χ3v) is 9.35. The fourth-order valence-corrected chi connectivity index (χ4v) is 6.45. The second-order valence-electron chi connectivity index (χ2n) is 14.6. The number of amides is 3. The highest BCUT2D eigenvalue weighted by Gasteiger charge is 2.69. The molecule has 56 heavy (non-hydrogen) atoms. The number of nitrogens with zero attached hydrogens (tertiary/aromatic N) is 3. The third kappa shape index (κ3) is 7.91. The zero-order valence-corrected chi connectivity index (χ0v) is 31.7. The molecule has 0 bridgehead atoms. The van der Waals surface area contributed by atoms with Crippen LogP contribution < -0.4 is 4.90 Å². The predicted octanol–water partition coefficient (Wildman–Crippen LogP) is 7.37. The van der Waals surface area contributed by atoms with Crippen LogP contribution in [0.5, 0.6) is 0 Å². The van der Waals surface area contributed by atoms with Crippen molar-refractivity contribution in [1.29, 1.82) is 0 Å². The van der Waals surface area contributed by atoms with Crippen molar-refractivity contribution in [2.45, 2.75) is 70.8 Å². The van der Waals surface area contributed by atoms with E-state index in [4.69, 9.17) is 14.2 Å². The van der Waals surface area contributed by atoms with Crippen molar-refractivity contribution in [1.82, 2.24) is 9.88 Å². The Labute approximate surface area is 316 Å².